The summed E-state index contributed by atoms with van der Waals surface area (Å²) in [6.45, 7) is 3.09. The summed E-state index contributed by atoms with van der Waals surface area (Å²) < 4.78 is 0. The number of hydrogen-bond acceptors (Lipinski definition) is 3. The highest BCUT2D eigenvalue weighted by molar-refractivity contribution is 5.95. The molecule has 0 aromatic heterocycles. The Hall–Kier alpha value is -1.71. The summed E-state index contributed by atoms with van der Waals surface area (Å²) in [5, 5.41) is 5.85. The second-order valence-electron chi connectivity index (χ2n) is 4.02. The lowest BCUT2D eigenvalue weighted by Crippen LogP contribution is -2.18. The van der Waals surface area contributed by atoms with Crippen molar-refractivity contribution in [2.24, 2.45) is 0 Å². The number of amides is 1. The first-order valence-electron chi connectivity index (χ1n) is 6.04. The molecule has 0 radical (unpaired) electrons. The van der Waals surface area contributed by atoms with Gasteiger partial charge in [-0.1, -0.05) is 19.8 Å². The van der Waals surface area contributed by atoms with E-state index in [1.807, 2.05) is 6.07 Å². The molecule has 0 fully saturated rings. The molecule has 4 N–H and O–H groups in total. The number of nitrogens with one attached hydrogen (secondary N) is 2. The van der Waals surface area contributed by atoms with Crippen molar-refractivity contribution in [2.75, 3.05) is 24.6 Å². The van der Waals surface area contributed by atoms with E-state index in [-0.39, 0.29) is 5.91 Å². The van der Waals surface area contributed by atoms with E-state index in [0.29, 0.717) is 11.3 Å². The lowest BCUT2D eigenvalue weighted by molar-refractivity contribution is 0.0963. The quantitative estimate of drug-likeness (QED) is 0.523. The summed E-state index contributed by atoms with van der Waals surface area (Å²) in [7, 11) is 1.61. The van der Waals surface area contributed by atoms with Crippen LogP contribution in [0.15, 0.2) is 18.2 Å². The minimum absolute atomic E-state index is 0.116. The number of carbonyl (C=O) groups is 1. The van der Waals surface area contributed by atoms with Gasteiger partial charge in [-0.25, -0.2) is 0 Å². The molecule has 1 amide bonds. The Labute approximate surface area is 103 Å². The van der Waals surface area contributed by atoms with E-state index in [0.717, 1.165) is 18.7 Å². The van der Waals surface area contributed by atoms with Gasteiger partial charge in [0, 0.05) is 19.2 Å². The topological polar surface area (TPSA) is 67.2 Å². The first kappa shape index (κ1) is 13.4. The molecule has 0 aliphatic heterocycles. The Bertz CT molecular complexity index is 377. The molecule has 0 aliphatic rings. The van der Waals surface area contributed by atoms with Crippen LogP contribution in [0, 0.1) is 0 Å². The van der Waals surface area contributed by atoms with Crippen LogP contribution in [-0.2, 0) is 0 Å². The summed E-state index contributed by atoms with van der Waals surface area (Å²) in [5.41, 5.74) is 7.98. The van der Waals surface area contributed by atoms with Crippen LogP contribution in [-0.4, -0.2) is 19.5 Å². The second kappa shape index (κ2) is 6.78. The molecule has 4 nitrogen and oxygen atoms in total. The Morgan fingerprint density at radius 2 is 2.12 bits per heavy atom. The van der Waals surface area contributed by atoms with Crippen LogP contribution in [0.3, 0.4) is 0 Å². The van der Waals surface area contributed by atoms with Crippen LogP contribution >= 0.6 is 0 Å². The highest BCUT2D eigenvalue weighted by Crippen LogP contribution is 2.19. The maximum absolute atomic E-state index is 11.4. The summed E-state index contributed by atoms with van der Waals surface area (Å²) in [4.78, 5) is 11.4. The maximum atomic E-state index is 11.4. The monoisotopic (exact) mass is 235 g/mol. The highest BCUT2D eigenvalue weighted by atomic mass is 16.1. The third kappa shape index (κ3) is 3.98. The van der Waals surface area contributed by atoms with Gasteiger partial charge in [0.25, 0.3) is 5.91 Å². The molecule has 1 aromatic carbocycles. The minimum Gasteiger partial charge on any atom is -0.397 e. The van der Waals surface area contributed by atoms with Crippen molar-refractivity contribution in [3.63, 3.8) is 0 Å². The van der Waals surface area contributed by atoms with Crippen molar-refractivity contribution in [1.82, 2.24) is 5.32 Å². The number of hydrogen-bond donors (Lipinski definition) is 3. The molecule has 0 atom stereocenters. The number of anilines is 2. The van der Waals surface area contributed by atoms with Gasteiger partial charge in [-0.3, -0.25) is 4.79 Å². The van der Waals surface area contributed by atoms with Crippen molar-refractivity contribution < 1.29 is 4.79 Å². The number of nitrogen functional groups attached to an aromatic ring is 1. The van der Waals surface area contributed by atoms with Gasteiger partial charge in [0.2, 0.25) is 0 Å². The zero-order chi connectivity index (χ0) is 12.7. The fourth-order valence-corrected chi connectivity index (χ4v) is 1.61. The first-order chi connectivity index (χ1) is 8.19. The second-order valence-corrected chi connectivity index (χ2v) is 4.02. The van der Waals surface area contributed by atoms with Crippen molar-refractivity contribution in [2.45, 2.75) is 26.2 Å². The Morgan fingerprint density at radius 1 is 1.35 bits per heavy atom. The van der Waals surface area contributed by atoms with Crippen molar-refractivity contribution in [3.8, 4) is 0 Å². The molecule has 0 saturated heterocycles. The van der Waals surface area contributed by atoms with Gasteiger partial charge >= 0.3 is 0 Å². The van der Waals surface area contributed by atoms with E-state index in [1.165, 1.54) is 12.8 Å². The molecule has 1 aromatic rings. The number of unbranched alkanes of at least 4 members (excludes halogenated alkanes) is 2. The van der Waals surface area contributed by atoms with E-state index >= 15 is 0 Å². The van der Waals surface area contributed by atoms with Crippen LogP contribution < -0.4 is 16.4 Å². The van der Waals surface area contributed by atoms with Crippen LogP contribution in [0.5, 0.6) is 0 Å². The highest BCUT2D eigenvalue weighted by Gasteiger charge is 2.05. The molecule has 94 valence electrons. The van der Waals surface area contributed by atoms with E-state index in [1.54, 1.807) is 19.2 Å². The van der Waals surface area contributed by atoms with Gasteiger partial charge in [0.05, 0.1) is 11.4 Å². The molecule has 0 aliphatic carbocycles. The number of rotatable bonds is 6. The van der Waals surface area contributed by atoms with Crippen LogP contribution in [0.25, 0.3) is 0 Å². The largest absolute Gasteiger partial charge is 0.397 e. The van der Waals surface area contributed by atoms with Crippen molar-refractivity contribution in [1.29, 1.82) is 0 Å². The lowest BCUT2D eigenvalue weighted by Gasteiger charge is -2.10. The molecule has 0 bridgehead atoms. The SMILES string of the molecule is CCCCCNc1ccc(C(=O)NC)cc1N. The average Bonchev–Trinajstić information content (AvgIpc) is 2.35. The van der Waals surface area contributed by atoms with Gasteiger partial charge in [-0.05, 0) is 24.6 Å². The fourth-order valence-electron chi connectivity index (χ4n) is 1.61. The van der Waals surface area contributed by atoms with Gasteiger partial charge in [0.15, 0.2) is 0 Å². The molecule has 0 heterocycles. The third-order valence-electron chi connectivity index (χ3n) is 2.64. The number of carbonyl (C=O) groups excluding carboxylic acids is 1. The third-order valence-corrected chi connectivity index (χ3v) is 2.64. The lowest BCUT2D eigenvalue weighted by atomic mass is 10.1. The van der Waals surface area contributed by atoms with E-state index < -0.39 is 0 Å². The molecule has 1 rings (SSSR count). The maximum Gasteiger partial charge on any atom is 0.251 e. The minimum atomic E-state index is -0.116. The van der Waals surface area contributed by atoms with Gasteiger partial charge in [-0.2, -0.15) is 0 Å². The summed E-state index contributed by atoms with van der Waals surface area (Å²) in [6, 6.07) is 5.32. The Kier molecular flexibility index (Phi) is 5.33. The van der Waals surface area contributed by atoms with Gasteiger partial charge < -0.3 is 16.4 Å². The average molecular weight is 235 g/mol. The molecular formula is C13H21N3O. The number of nitrogens with two attached hydrogens (primary N) is 1. The number of benzene rings is 1. The molecule has 17 heavy (non-hydrogen) atoms. The predicted molar refractivity (Wildman–Crippen MR) is 72.3 cm³/mol. The van der Waals surface area contributed by atoms with Crippen LogP contribution in [0.2, 0.25) is 0 Å². The smallest absolute Gasteiger partial charge is 0.251 e. The fraction of sp³-hybridized carbons (Fsp3) is 0.462. The normalized spacial score (nSPS) is 10.0. The van der Waals surface area contributed by atoms with Gasteiger partial charge in [0.1, 0.15) is 0 Å². The van der Waals surface area contributed by atoms with E-state index in [2.05, 4.69) is 17.6 Å². The standard InChI is InChI=1S/C13H21N3O/c1-3-4-5-8-16-12-7-6-10(9-11(12)14)13(17)15-2/h6-7,9,16H,3-5,8,14H2,1-2H3,(H,15,17). The van der Waals surface area contributed by atoms with Gasteiger partial charge in [-0.15, -0.1) is 0 Å². The van der Waals surface area contributed by atoms with E-state index in [4.69, 9.17) is 5.73 Å². The van der Waals surface area contributed by atoms with Crippen molar-refractivity contribution in [3.05, 3.63) is 23.8 Å². The first-order valence-corrected chi connectivity index (χ1v) is 6.04. The van der Waals surface area contributed by atoms with Crippen LogP contribution in [0.4, 0.5) is 11.4 Å². The zero-order valence-corrected chi connectivity index (χ0v) is 10.5. The van der Waals surface area contributed by atoms with Crippen molar-refractivity contribution >= 4 is 17.3 Å². The zero-order valence-electron chi connectivity index (χ0n) is 10.5. The summed E-state index contributed by atoms with van der Waals surface area (Å²) >= 11 is 0. The summed E-state index contributed by atoms with van der Waals surface area (Å²) in [5.74, 6) is -0.116. The van der Waals surface area contributed by atoms with Crippen LogP contribution in [0.1, 0.15) is 36.5 Å². The molecular weight excluding hydrogens is 214 g/mol. The van der Waals surface area contributed by atoms with E-state index in [9.17, 15) is 4.79 Å². The molecule has 0 unspecified atom stereocenters. The molecule has 0 saturated carbocycles. The summed E-state index contributed by atoms with van der Waals surface area (Å²) in [6.07, 6.45) is 3.54. The molecule has 0 spiro atoms. The Balaban J connectivity index is 2.60. The Morgan fingerprint density at radius 3 is 2.71 bits per heavy atom. The predicted octanol–water partition coefficient (Wildman–Crippen LogP) is 2.23. The molecule has 4 heteroatoms.